The van der Waals surface area contributed by atoms with Gasteiger partial charge in [0.1, 0.15) is 0 Å². The van der Waals surface area contributed by atoms with E-state index < -0.39 is 11.7 Å². The van der Waals surface area contributed by atoms with E-state index in [2.05, 4.69) is 5.32 Å². The molecular formula is C13H19F3N2O. The summed E-state index contributed by atoms with van der Waals surface area (Å²) >= 11 is 0. The standard InChI is InChI=1S/C13H19F3N2O/c1-9(2)8-19-6-5-18-12-4-3-10(17)7-11(12)13(14,15)16/h3-4,7,9,18H,5-6,8,17H2,1-2H3. The first-order valence-electron chi connectivity index (χ1n) is 6.09. The van der Waals surface area contributed by atoms with Crippen LogP contribution in [0, 0.1) is 5.92 Å². The van der Waals surface area contributed by atoms with Gasteiger partial charge in [0.2, 0.25) is 0 Å². The van der Waals surface area contributed by atoms with Crippen molar-refractivity contribution in [2.24, 2.45) is 5.92 Å². The fourth-order valence-corrected chi connectivity index (χ4v) is 1.53. The lowest BCUT2D eigenvalue weighted by molar-refractivity contribution is -0.136. The third-order valence-corrected chi connectivity index (χ3v) is 2.36. The predicted octanol–water partition coefficient (Wildman–Crippen LogP) is 3.37. The number of anilines is 2. The van der Waals surface area contributed by atoms with Gasteiger partial charge in [-0.25, -0.2) is 0 Å². The molecule has 0 aliphatic rings. The lowest BCUT2D eigenvalue weighted by Gasteiger charge is -2.15. The number of alkyl halides is 3. The molecule has 0 aromatic heterocycles. The van der Waals surface area contributed by atoms with Crippen LogP contribution in [-0.4, -0.2) is 19.8 Å². The molecule has 0 atom stereocenters. The molecular weight excluding hydrogens is 257 g/mol. The van der Waals surface area contributed by atoms with E-state index in [0.717, 1.165) is 6.07 Å². The van der Waals surface area contributed by atoms with Crippen LogP contribution in [0.3, 0.4) is 0 Å². The zero-order valence-corrected chi connectivity index (χ0v) is 11.1. The first-order chi connectivity index (χ1) is 8.80. The molecule has 108 valence electrons. The molecule has 1 aromatic rings. The fourth-order valence-electron chi connectivity index (χ4n) is 1.53. The second-order valence-corrected chi connectivity index (χ2v) is 4.70. The topological polar surface area (TPSA) is 47.3 Å². The minimum Gasteiger partial charge on any atom is -0.399 e. The quantitative estimate of drug-likeness (QED) is 0.618. The molecule has 0 saturated carbocycles. The van der Waals surface area contributed by atoms with E-state index in [-0.39, 0.29) is 11.4 Å². The summed E-state index contributed by atoms with van der Waals surface area (Å²) in [7, 11) is 0. The molecule has 0 aliphatic heterocycles. The Morgan fingerprint density at radius 2 is 2.00 bits per heavy atom. The Labute approximate surface area is 110 Å². The molecule has 0 fully saturated rings. The van der Waals surface area contributed by atoms with Crippen LogP contribution in [-0.2, 0) is 10.9 Å². The van der Waals surface area contributed by atoms with Gasteiger partial charge in [0.25, 0.3) is 0 Å². The normalized spacial score (nSPS) is 11.9. The summed E-state index contributed by atoms with van der Waals surface area (Å²) in [5.41, 5.74) is 4.74. The van der Waals surface area contributed by atoms with Crippen LogP contribution in [0.5, 0.6) is 0 Å². The molecule has 0 bridgehead atoms. The summed E-state index contributed by atoms with van der Waals surface area (Å²) in [5, 5.41) is 2.72. The van der Waals surface area contributed by atoms with Gasteiger partial charge in [0.15, 0.2) is 0 Å². The number of hydrogen-bond acceptors (Lipinski definition) is 3. The Kier molecular flexibility index (Phi) is 5.47. The van der Waals surface area contributed by atoms with Crippen LogP contribution in [0.4, 0.5) is 24.5 Å². The molecule has 1 rings (SSSR count). The summed E-state index contributed by atoms with van der Waals surface area (Å²) in [6, 6.07) is 3.70. The highest BCUT2D eigenvalue weighted by molar-refractivity contribution is 5.59. The van der Waals surface area contributed by atoms with Crippen LogP contribution < -0.4 is 11.1 Å². The maximum absolute atomic E-state index is 12.8. The van der Waals surface area contributed by atoms with Crippen LogP contribution in [0.2, 0.25) is 0 Å². The van der Waals surface area contributed by atoms with Crippen molar-refractivity contribution in [3.05, 3.63) is 23.8 Å². The smallest absolute Gasteiger partial charge is 0.399 e. The Balaban J connectivity index is 2.58. The number of nitrogens with two attached hydrogens (primary N) is 1. The molecule has 0 heterocycles. The number of halogens is 3. The monoisotopic (exact) mass is 276 g/mol. The second kappa shape index (κ2) is 6.65. The van der Waals surface area contributed by atoms with Gasteiger partial charge in [-0.3, -0.25) is 0 Å². The number of benzene rings is 1. The lowest BCUT2D eigenvalue weighted by Crippen LogP contribution is -2.16. The van der Waals surface area contributed by atoms with Crippen LogP contribution in [0.15, 0.2) is 18.2 Å². The lowest BCUT2D eigenvalue weighted by atomic mass is 10.1. The Morgan fingerprint density at radius 3 is 2.58 bits per heavy atom. The maximum Gasteiger partial charge on any atom is 0.418 e. The second-order valence-electron chi connectivity index (χ2n) is 4.70. The van der Waals surface area contributed by atoms with E-state index in [0.29, 0.717) is 25.7 Å². The van der Waals surface area contributed by atoms with Gasteiger partial charge < -0.3 is 15.8 Å². The molecule has 0 saturated heterocycles. The molecule has 0 aliphatic carbocycles. The van der Waals surface area contributed by atoms with Crippen molar-refractivity contribution >= 4 is 11.4 Å². The molecule has 3 nitrogen and oxygen atoms in total. The number of nitrogen functional groups attached to an aromatic ring is 1. The van der Waals surface area contributed by atoms with E-state index in [9.17, 15) is 13.2 Å². The summed E-state index contributed by atoms with van der Waals surface area (Å²) < 4.78 is 43.6. The third kappa shape index (κ3) is 5.38. The third-order valence-electron chi connectivity index (χ3n) is 2.36. The first-order valence-corrected chi connectivity index (χ1v) is 6.09. The Hall–Kier alpha value is -1.43. The maximum atomic E-state index is 12.8. The molecule has 0 spiro atoms. The Morgan fingerprint density at radius 1 is 1.32 bits per heavy atom. The van der Waals surface area contributed by atoms with Gasteiger partial charge in [-0.1, -0.05) is 13.8 Å². The molecule has 6 heteroatoms. The first kappa shape index (κ1) is 15.6. The van der Waals surface area contributed by atoms with Crippen LogP contribution in [0.1, 0.15) is 19.4 Å². The number of nitrogens with one attached hydrogen (secondary N) is 1. The van der Waals surface area contributed by atoms with E-state index >= 15 is 0 Å². The summed E-state index contributed by atoms with van der Waals surface area (Å²) in [6.45, 7) is 5.29. The van der Waals surface area contributed by atoms with E-state index in [1.54, 1.807) is 0 Å². The van der Waals surface area contributed by atoms with Crippen molar-refractivity contribution in [1.82, 2.24) is 0 Å². The average Bonchev–Trinajstić information content (AvgIpc) is 2.28. The van der Waals surface area contributed by atoms with Crippen molar-refractivity contribution in [1.29, 1.82) is 0 Å². The fraction of sp³-hybridized carbons (Fsp3) is 0.538. The minimum atomic E-state index is -4.42. The molecule has 0 radical (unpaired) electrons. The van der Waals surface area contributed by atoms with E-state index in [4.69, 9.17) is 10.5 Å². The zero-order valence-electron chi connectivity index (χ0n) is 11.1. The van der Waals surface area contributed by atoms with E-state index in [1.165, 1.54) is 12.1 Å². The SMILES string of the molecule is CC(C)COCCNc1ccc(N)cc1C(F)(F)F. The van der Waals surface area contributed by atoms with Gasteiger partial charge >= 0.3 is 6.18 Å². The Bertz CT molecular complexity index is 405. The van der Waals surface area contributed by atoms with Crippen molar-refractivity contribution in [3.63, 3.8) is 0 Å². The highest BCUT2D eigenvalue weighted by Gasteiger charge is 2.33. The number of rotatable bonds is 6. The summed E-state index contributed by atoms with van der Waals surface area (Å²) in [4.78, 5) is 0. The van der Waals surface area contributed by atoms with Gasteiger partial charge in [-0.15, -0.1) is 0 Å². The summed E-state index contributed by atoms with van der Waals surface area (Å²) in [6.07, 6.45) is -4.42. The number of ether oxygens (including phenoxy) is 1. The molecule has 3 N–H and O–H groups in total. The van der Waals surface area contributed by atoms with E-state index in [1.807, 2.05) is 13.8 Å². The average molecular weight is 276 g/mol. The highest BCUT2D eigenvalue weighted by Crippen LogP contribution is 2.35. The summed E-state index contributed by atoms with van der Waals surface area (Å²) in [5.74, 6) is 0.405. The van der Waals surface area contributed by atoms with Crippen molar-refractivity contribution in [2.45, 2.75) is 20.0 Å². The highest BCUT2D eigenvalue weighted by atomic mass is 19.4. The van der Waals surface area contributed by atoms with Gasteiger partial charge in [0.05, 0.1) is 12.2 Å². The largest absolute Gasteiger partial charge is 0.418 e. The van der Waals surface area contributed by atoms with Crippen molar-refractivity contribution in [2.75, 3.05) is 30.8 Å². The van der Waals surface area contributed by atoms with Gasteiger partial charge in [-0.2, -0.15) is 13.2 Å². The van der Waals surface area contributed by atoms with Crippen LogP contribution >= 0.6 is 0 Å². The number of hydrogen-bond donors (Lipinski definition) is 2. The van der Waals surface area contributed by atoms with Crippen LogP contribution in [0.25, 0.3) is 0 Å². The molecule has 1 aromatic carbocycles. The molecule has 0 unspecified atom stereocenters. The van der Waals surface area contributed by atoms with Gasteiger partial charge in [0, 0.05) is 24.5 Å². The van der Waals surface area contributed by atoms with Gasteiger partial charge in [-0.05, 0) is 24.1 Å². The molecule has 0 amide bonds. The van der Waals surface area contributed by atoms with Crippen molar-refractivity contribution in [3.8, 4) is 0 Å². The molecule has 19 heavy (non-hydrogen) atoms. The minimum absolute atomic E-state index is 0.0230. The predicted molar refractivity (Wildman–Crippen MR) is 70.0 cm³/mol. The zero-order chi connectivity index (χ0) is 14.5. The van der Waals surface area contributed by atoms with Crippen molar-refractivity contribution < 1.29 is 17.9 Å².